The summed E-state index contributed by atoms with van der Waals surface area (Å²) in [5.74, 6) is 0.518. The summed E-state index contributed by atoms with van der Waals surface area (Å²) in [6, 6.07) is 5.13. The average Bonchev–Trinajstić information content (AvgIpc) is 2.44. The number of alkyl halides is 3. The number of thioether (sulfide) groups is 1. The van der Waals surface area contributed by atoms with Gasteiger partial charge in [0.1, 0.15) is 0 Å². The second-order valence-electron chi connectivity index (χ2n) is 4.11. The van der Waals surface area contributed by atoms with Crippen molar-refractivity contribution in [2.75, 3.05) is 13.1 Å². The molecule has 0 radical (unpaired) electrons. The Morgan fingerprint density at radius 1 is 1.14 bits per heavy atom. The van der Waals surface area contributed by atoms with E-state index in [9.17, 15) is 13.2 Å². The van der Waals surface area contributed by atoms with Crippen molar-refractivity contribution < 1.29 is 13.2 Å². The van der Waals surface area contributed by atoms with Gasteiger partial charge in [-0.05, 0) is 29.9 Å². The summed E-state index contributed by atoms with van der Waals surface area (Å²) in [5.41, 5.74) is 6.28. The Balaban J connectivity index is 2.56. The van der Waals surface area contributed by atoms with Crippen molar-refractivity contribution in [2.24, 2.45) is 0 Å². The molecule has 0 unspecified atom stereocenters. The van der Waals surface area contributed by atoms with E-state index in [1.165, 1.54) is 23.9 Å². The Morgan fingerprint density at radius 3 is 2.10 bits per heavy atom. The number of thiocarbonyl (C=S) groups is 1. The van der Waals surface area contributed by atoms with Gasteiger partial charge in [-0.15, -0.1) is 0 Å². The van der Waals surface area contributed by atoms with Gasteiger partial charge >= 0.3 is 6.18 Å². The highest BCUT2D eigenvalue weighted by atomic mass is 32.2. The molecule has 0 fully saturated rings. The standard InChI is InChI=1S/C13H18F3N3S2/c1-3-17-19(18-4-2)12(20)21-9-10-5-7-11(8-6-10)13(14,15)16/h5-8,17-18H,3-4,9H2,1-2H3. The highest BCUT2D eigenvalue weighted by Crippen LogP contribution is 2.29. The lowest BCUT2D eigenvalue weighted by Gasteiger charge is -2.24. The smallest absolute Gasteiger partial charge is 0.224 e. The first-order valence-corrected chi connectivity index (χ1v) is 7.87. The fraction of sp³-hybridized carbons (Fsp3) is 0.462. The third-order valence-corrected chi connectivity index (χ3v) is 3.90. The molecule has 3 nitrogen and oxygen atoms in total. The maximum Gasteiger partial charge on any atom is 0.416 e. The van der Waals surface area contributed by atoms with Gasteiger partial charge in [0.05, 0.1) is 5.56 Å². The average molecular weight is 337 g/mol. The van der Waals surface area contributed by atoms with Gasteiger partial charge in [0.25, 0.3) is 0 Å². The van der Waals surface area contributed by atoms with Crippen LogP contribution >= 0.6 is 24.0 Å². The number of rotatable bonds is 6. The van der Waals surface area contributed by atoms with E-state index in [-0.39, 0.29) is 0 Å². The first kappa shape index (κ1) is 18.2. The van der Waals surface area contributed by atoms with E-state index in [0.29, 0.717) is 23.2 Å². The number of nitrogens with zero attached hydrogens (tertiary/aromatic N) is 1. The van der Waals surface area contributed by atoms with Gasteiger partial charge in [0, 0.05) is 18.8 Å². The third-order valence-electron chi connectivity index (χ3n) is 2.46. The maximum atomic E-state index is 12.5. The molecule has 0 spiro atoms. The molecule has 0 aliphatic heterocycles. The molecule has 2 N–H and O–H groups in total. The van der Waals surface area contributed by atoms with Gasteiger partial charge in [-0.3, -0.25) is 0 Å². The lowest BCUT2D eigenvalue weighted by atomic mass is 10.1. The largest absolute Gasteiger partial charge is 0.416 e. The van der Waals surface area contributed by atoms with E-state index in [0.717, 1.165) is 17.7 Å². The summed E-state index contributed by atoms with van der Waals surface area (Å²) in [5, 5.41) is 1.66. The maximum absolute atomic E-state index is 12.5. The second-order valence-corrected chi connectivity index (χ2v) is 5.72. The van der Waals surface area contributed by atoms with Crippen molar-refractivity contribution in [1.29, 1.82) is 0 Å². The Kier molecular flexibility index (Phi) is 7.44. The minimum Gasteiger partial charge on any atom is -0.224 e. The van der Waals surface area contributed by atoms with Crippen molar-refractivity contribution in [3.63, 3.8) is 0 Å². The molecule has 1 rings (SSSR count). The van der Waals surface area contributed by atoms with Gasteiger partial charge in [-0.2, -0.15) is 13.2 Å². The number of hydrogen-bond acceptors (Lipinski definition) is 4. The topological polar surface area (TPSA) is 27.3 Å². The molecule has 0 saturated heterocycles. The zero-order chi connectivity index (χ0) is 15.9. The minimum atomic E-state index is -4.30. The molecular formula is C13H18F3N3S2. The summed E-state index contributed by atoms with van der Waals surface area (Å²) in [7, 11) is 0. The zero-order valence-corrected chi connectivity index (χ0v) is 13.5. The number of benzene rings is 1. The molecule has 118 valence electrons. The highest BCUT2D eigenvalue weighted by Gasteiger charge is 2.29. The van der Waals surface area contributed by atoms with Crippen LogP contribution in [0.3, 0.4) is 0 Å². The molecule has 0 bridgehead atoms. The molecule has 0 heterocycles. The van der Waals surface area contributed by atoms with Gasteiger partial charge in [0.2, 0.25) is 0 Å². The monoisotopic (exact) mass is 337 g/mol. The van der Waals surface area contributed by atoms with Crippen molar-refractivity contribution in [1.82, 2.24) is 16.0 Å². The van der Waals surface area contributed by atoms with Crippen LogP contribution in [0.25, 0.3) is 0 Å². The Labute approximate surface area is 132 Å². The summed E-state index contributed by atoms with van der Waals surface area (Å²) in [6.45, 7) is 5.34. The molecule has 0 aromatic heterocycles. The molecule has 0 aliphatic carbocycles. The molecule has 21 heavy (non-hydrogen) atoms. The summed E-state index contributed by atoms with van der Waals surface area (Å²) in [4.78, 5) is 0. The van der Waals surface area contributed by atoms with Crippen LogP contribution in [-0.4, -0.2) is 22.5 Å². The van der Waals surface area contributed by atoms with E-state index >= 15 is 0 Å². The van der Waals surface area contributed by atoms with E-state index in [2.05, 4.69) is 10.9 Å². The highest BCUT2D eigenvalue weighted by molar-refractivity contribution is 8.22. The van der Waals surface area contributed by atoms with Crippen LogP contribution < -0.4 is 10.9 Å². The lowest BCUT2D eigenvalue weighted by Crippen LogP contribution is -2.50. The zero-order valence-electron chi connectivity index (χ0n) is 11.8. The van der Waals surface area contributed by atoms with Crippen LogP contribution in [0.15, 0.2) is 24.3 Å². The fourth-order valence-electron chi connectivity index (χ4n) is 1.50. The van der Waals surface area contributed by atoms with E-state index in [1.807, 2.05) is 13.8 Å². The van der Waals surface area contributed by atoms with Gasteiger partial charge in [-0.25, -0.2) is 16.0 Å². The molecule has 0 amide bonds. The first-order valence-electron chi connectivity index (χ1n) is 6.48. The van der Waals surface area contributed by atoms with Crippen LogP contribution in [0.1, 0.15) is 25.0 Å². The van der Waals surface area contributed by atoms with Crippen molar-refractivity contribution >= 4 is 28.3 Å². The number of hydrazine groups is 2. The number of nitrogens with one attached hydrogen (secondary N) is 2. The van der Waals surface area contributed by atoms with Gasteiger partial charge in [-0.1, -0.05) is 37.7 Å². The van der Waals surface area contributed by atoms with E-state index in [1.54, 1.807) is 5.12 Å². The molecule has 1 aromatic rings. The van der Waals surface area contributed by atoms with E-state index in [4.69, 9.17) is 12.2 Å². The minimum absolute atomic E-state index is 0.518. The predicted molar refractivity (Wildman–Crippen MR) is 84.5 cm³/mol. The molecular weight excluding hydrogens is 319 g/mol. The predicted octanol–water partition coefficient (Wildman–Crippen LogP) is 3.57. The quantitative estimate of drug-likeness (QED) is 0.611. The van der Waals surface area contributed by atoms with Crippen molar-refractivity contribution in [2.45, 2.75) is 25.8 Å². The lowest BCUT2D eigenvalue weighted by molar-refractivity contribution is -0.137. The van der Waals surface area contributed by atoms with Crippen LogP contribution in [0.2, 0.25) is 0 Å². The Bertz CT molecular complexity index is 443. The van der Waals surface area contributed by atoms with Crippen molar-refractivity contribution in [3.8, 4) is 0 Å². The fourth-order valence-corrected chi connectivity index (χ4v) is 2.55. The van der Waals surface area contributed by atoms with Crippen LogP contribution in [0.4, 0.5) is 13.2 Å². The normalized spacial score (nSPS) is 11.5. The third kappa shape index (κ3) is 6.21. The molecule has 8 heteroatoms. The SMILES string of the molecule is CCNN(NCC)C(=S)SCc1ccc(C(F)(F)F)cc1. The number of hydrogen-bond donors (Lipinski definition) is 2. The van der Waals surface area contributed by atoms with Crippen LogP contribution in [-0.2, 0) is 11.9 Å². The summed E-state index contributed by atoms with van der Waals surface area (Å²) in [6.07, 6.45) is -4.30. The van der Waals surface area contributed by atoms with Crippen molar-refractivity contribution in [3.05, 3.63) is 35.4 Å². The molecule has 1 aromatic carbocycles. The second kappa shape index (κ2) is 8.57. The molecule has 0 saturated carbocycles. The Morgan fingerprint density at radius 2 is 1.67 bits per heavy atom. The summed E-state index contributed by atoms with van der Waals surface area (Å²) < 4.78 is 38.0. The van der Waals surface area contributed by atoms with Crippen LogP contribution in [0, 0.1) is 0 Å². The van der Waals surface area contributed by atoms with Gasteiger partial charge < -0.3 is 0 Å². The van der Waals surface area contributed by atoms with E-state index < -0.39 is 11.7 Å². The number of halogens is 3. The van der Waals surface area contributed by atoms with Crippen LogP contribution in [0.5, 0.6) is 0 Å². The first-order chi connectivity index (χ1) is 9.88. The van der Waals surface area contributed by atoms with Gasteiger partial charge in [0.15, 0.2) is 4.32 Å². The molecule has 0 aliphatic rings. The Hall–Kier alpha value is -0.830. The summed E-state index contributed by atoms with van der Waals surface area (Å²) >= 11 is 6.66. The molecule has 0 atom stereocenters.